The number of nitrogens with zero attached hydrogens (tertiary/aromatic N) is 3. The second-order valence-electron chi connectivity index (χ2n) is 9.36. The predicted octanol–water partition coefficient (Wildman–Crippen LogP) is 3.86. The topological polar surface area (TPSA) is 73.0 Å². The van der Waals surface area contributed by atoms with E-state index in [0.717, 1.165) is 31.5 Å². The minimum atomic E-state index is -0.264. The minimum absolute atomic E-state index is 0.0815. The molecule has 174 valence electrons. The Morgan fingerprint density at radius 1 is 1.06 bits per heavy atom. The van der Waals surface area contributed by atoms with E-state index in [9.17, 15) is 14.4 Å². The van der Waals surface area contributed by atoms with E-state index in [1.807, 2.05) is 30.3 Å². The van der Waals surface area contributed by atoms with Gasteiger partial charge in [0, 0.05) is 31.9 Å². The van der Waals surface area contributed by atoms with Crippen LogP contribution in [0.1, 0.15) is 54.9 Å². The molecule has 2 heterocycles. The summed E-state index contributed by atoms with van der Waals surface area (Å²) in [7, 11) is 3.40. The van der Waals surface area contributed by atoms with Crippen molar-refractivity contribution in [1.82, 2.24) is 4.90 Å². The first kappa shape index (κ1) is 22.8. The maximum Gasteiger partial charge on any atom is 0.253 e. The molecular formula is C26H32N4O3. The molecule has 0 spiro atoms. The van der Waals surface area contributed by atoms with Gasteiger partial charge in [0.2, 0.25) is 11.8 Å². The van der Waals surface area contributed by atoms with Gasteiger partial charge >= 0.3 is 0 Å². The maximum atomic E-state index is 13.5. The Hall–Kier alpha value is -3.35. The summed E-state index contributed by atoms with van der Waals surface area (Å²) in [6, 6.07) is 13.0. The fraction of sp³-hybridized carbons (Fsp3) is 0.423. The van der Waals surface area contributed by atoms with Crippen LogP contribution in [0, 0.1) is 0 Å². The van der Waals surface area contributed by atoms with Crippen LogP contribution in [-0.4, -0.2) is 55.8 Å². The third-order valence-electron chi connectivity index (χ3n) is 6.45. The summed E-state index contributed by atoms with van der Waals surface area (Å²) >= 11 is 0. The molecule has 0 aromatic heterocycles. The molecule has 7 nitrogen and oxygen atoms in total. The molecule has 2 aliphatic rings. The zero-order chi connectivity index (χ0) is 23.7. The van der Waals surface area contributed by atoms with Crippen LogP contribution < -0.4 is 15.1 Å². The zero-order valence-corrected chi connectivity index (χ0v) is 19.8. The van der Waals surface area contributed by atoms with Gasteiger partial charge in [0.25, 0.3) is 5.91 Å². The van der Waals surface area contributed by atoms with E-state index in [1.165, 1.54) is 10.5 Å². The van der Waals surface area contributed by atoms with E-state index < -0.39 is 0 Å². The van der Waals surface area contributed by atoms with Crippen LogP contribution in [-0.2, 0) is 9.59 Å². The van der Waals surface area contributed by atoms with Crippen molar-refractivity contribution in [2.24, 2.45) is 0 Å². The van der Waals surface area contributed by atoms with Crippen LogP contribution in [0.3, 0.4) is 0 Å². The predicted molar refractivity (Wildman–Crippen MR) is 131 cm³/mol. The molecule has 0 bridgehead atoms. The second kappa shape index (κ2) is 9.25. The lowest BCUT2D eigenvalue weighted by molar-refractivity contribution is -0.123. The van der Waals surface area contributed by atoms with Gasteiger partial charge in [-0.05, 0) is 61.1 Å². The lowest BCUT2D eigenvalue weighted by Crippen LogP contribution is -2.56. The molecule has 1 N–H and O–H groups in total. The van der Waals surface area contributed by atoms with Crippen molar-refractivity contribution in [3.63, 3.8) is 0 Å². The van der Waals surface area contributed by atoms with E-state index in [2.05, 4.69) is 24.1 Å². The second-order valence-corrected chi connectivity index (χ2v) is 9.36. The van der Waals surface area contributed by atoms with Gasteiger partial charge < -0.3 is 15.1 Å². The highest BCUT2D eigenvalue weighted by atomic mass is 16.2. The van der Waals surface area contributed by atoms with E-state index in [-0.39, 0.29) is 30.3 Å². The number of hydrogen-bond donors (Lipinski definition) is 1. The van der Waals surface area contributed by atoms with Crippen LogP contribution in [0.15, 0.2) is 42.5 Å². The lowest BCUT2D eigenvalue weighted by Gasteiger charge is -2.45. The van der Waals surface area contributed by atoms with Gasteiger partial charge in [-0.3, -0.25) is 19.3 Å². The smallest absolute Gasteiger partial charge is 0.253 e. The molecule has 33 heavy (non-hydrogen) atoms. The number of carbonyl (C=O) groups is 3. The molecule has 3 amide bonds. The van der Waals surface area contributed by atoms with Crippen LogP contribution >= 0.6 is 0 Å². The van der Waals surface area contributed by atoms with Gasteiger partial charge in [-0.15, -0.1) is 0 Å². The summed E-state index contributed by atoms with van der Waals surface area (Å²) < 4.78 is 0. The number of benzene rings is 2. The normalized spacial score (nSPS) is 17.5. The number of anilines is 3. The summed E-state index contributed by atoms with van der Waals surface area (Å²) in [5, 5.41) is 2.91. The van der Waals surface area contributed by atoms with Crippen LogP contribution in [0.4, 0.5) is 17.1 Å². The number of hydrogen-bond acceptors (Lipinski definition) is 4. The van der Waals surface area contributed by atoms with E-state index in [0.29, 0.717) is 22.9 Å². The third kappa shape index (κ3) is 4.58. The number of nitrogens with one attached hydrogen (secondary N) is 1. The fourth-order valence-electron chi connectivity index (χ4n) is 4.61. The first-order valence-electron chi connectivity index (χ1n) is 11.6. The highest BCUT2D eigenvalue weighted by Crippen LogP contribution is 2.40. The van der Waals surface area contributed by atoms with Crippen molar-refractivity contribution in [3.8, 4) is 0 Å². The highest BCUT2D eigenvalue weighted by Gasteiger charge is 2.40. The van der Waals surface area contributed by atoms with Crippen LogP contribution in [0.5, 0.6) is 0 Å². The van der Waals surface area contributed by atoms with Gasteiger partial charge in [-0.1, -0.05) is 26.0 Å². The Balaban J connectivity index is 1.62. The highest BCUT2D eigenvalue weighted by molar-refractivity contribution is 6.11. The van der Waals surface area contributed by atoms with Crippen molar-refractivity contribution in [2.75, 3.05) is 42.3 Å². The monoisotopic (exact) mass is 448 g/mol. The minimum Gasteiger partial charge on any atom is -0.358 e. The Morgan fingerprint density at radius 2 is 1.79 bits per heavy atom. The standard InChI is InChI=1S/C26H32N4O3/c1-17(2)18-8-11-20(12-9-18)27-24(31)16-30-23-15-19(25(32)28(3)4)10-13-21(23)29-14-6-5-7-22(29)26(30)33/h8-13,15,17,22H,5-7,14,16H2,1-4H3,(H,27,31). The molecule has 2 aliphatic heterocycles. The molecule has 4 rings (SSSR count). The Morgan fingerprint density at radius 3 is 2.45 bits per heavy atom. The number of rotatable bonds is 5. The number of piperidine rings is 1. The van der Waals surface area contributed by atoms with Crippen molar-refractivity contribution in [2.45, 2.75) is 45.1 Å². The number of fused-ring (bicyclic) bond motifs is 3. The fourth-order valence-corrected chi connectivity index (χ4v) is 4.61. The molecule has 0 aliphatic carbocycles. The summed E-state index contributed by atoms with van der Waals surface area (Å²) in [5.41, 5.74) is 3.92. The Kier molecular flexibility index (Phi) is 6.40. The molecule has 7 heteroatoms. The van der Waals surface area contributed by atoms with E-state index >= 15 is 0 Å². The van der Waals surface area contributed by atoms with Crippen molar-refractivity contribution in [1.29, 1.82) is 0 Å². The number of carbonyl (C=O) groups excluding carboxylic acids is 3. The molecule has 1 unspecified atom stereocenters. The Bertz CT molecular complexity index is 1060. The summed E-state index contributed by atoms with van der Waals surface area (Å²) in [6.45, 7) is 4.95. The zero-order valence-electron chi connectivity index (χ0n) is 19.8. The van der Waals surface area contributed by atoms with Gasteiger partial charge in [0.05, 0.1) is 11.4 Å². The molecule has 0 saturated carbocycles. The van der Waals surface area contributed by atoms with Crippen molar-refractivity contribution < 1.29 is 14.4 Å². The SMILES string of the molecule is CC(C)c1ccc(NC(=O)CN2C(=O)C3CCCCN3c3ccc(C(=O)N(C)C)cc32)cc1. The van der Waals surface area contributed by atoms with Crippen molar-refractivity contribution in [3.05, 3.63) is 53.6 Å². The first-order chi connectivity index (χ1) is 15.8. The largest absolute Gasteiger partial charge is 0.358 e. The van der Waals surface area contributed by atoms with Gasteiger partial charge in [-0.25, -0.2) is 0 Å². The van der Waals surface area contributed by atoms with Gasteiger partial charge in [0.1, 0.15) is 12.6 Å². The van der Waals surface area contributed by atoms with E-state index in [4.69, 9.17) is 0 Å². The van der Waals surface area contributed by atoms with Crippen LogP contribution in [0.25, 0.3) is 0 Å². The summed E-state index contributed by atoms with van der Waals surface area (Å²) in [4.78, 5) is 44.2. The number of amides is 3. The molecule has 1 fully saturated rings. The maximum absolute atomic E-state index is 13.5. The summed E-state index contributed by atoms with van der Waals surface area (Å²) in [6.07, 6.45) is 2.78. The third-order valence-corrected chi connectivity index (χ3v) is 6.45. The molecule has 1 saturated heterocycles. The van der Waals surface area contributed by atoms with Crippen LogP contribution in [0.2, 0.25) is 0 Å². The average molecular weight is 449 g/mol. The molecule has 0 radical (unpaired) electrons. The van der Waals surface area contributed by atoms with Gasteiger partial charge in [-0.2, -0.15) is 0 Å². The average Bonchev–Trinajstić information content (AvgIpc) is 2.81. The van der Waals surface area contributed by atoms with Crippen molar-refractivity contribution >= 4 is 34.8 Å². The summed E-state index contributed by atoms with van der Waals surface area (Å²) in [5.74, 6) is -0.0717. The Labute approximate surface area is 195 Å². The molecular weight excluding hydrogens is 416 g/mol. The first-order valence-corrected chi connectivity index (χ1v) is 11.6. The quantitative estimate of drug-likeness (QED) is 0.754. The van der Waals surface area contributed by atoms with Gasteiger partial charge in [0.15, 0.2) is 0 Å². The molecule has 1 atom stereocenters. The lowest BCUT2D eigenvalue weighted by atomic mass is 9.95. The molecule has 2 aromatic carbocycles. The molecule has 2 aromatic rings. The van der Waals surface area contributed by atoms with E-state index in [1.54, 1.807) is 31.1 Å².